The number of carbonyl (C=O) groups is 2. The van der Waals surface area contributed by atoms with Crippen molar-refractivity contribution < 1.29 is 18.0 Å². The number of fused-ring (bicyclic) bond motifs is 5. The van der Waals surface area contributed by atoms with E-state index in [1.165, 1.54) is 21.7 Å². The first-order valence-electron chi connectivity index (χ1n) is 6.52. The molecule has 0 radical (unpaired) electrons. The molecule has 0 spiro atoms. The third kappa shape index (κ3) is 1.54. The largest absolute Gasteiger partial charge is 0.339 e. The minimum absolute atomic E-state index is 0.0335. The van der Waals surface area contributed by atoms with Gasteiger partial charge in [-0.1, -0.05) is 0 Å². The molecule has 4 heterocycles. The Balaban J connectivity index is 1.71. The van der Waals surface area contributed by atoms with Gasteiger partial charge in [-0.15, -0.1) is 0 Å². The van der Waals surface area contributed by atoms with Gasteiger partial charge in [-0.3, -0.25) is 10.1 Å². The van der Waals surface area contributed by atoms with E-state index in [-0.39, 0.29) is 17.6 Å². The topological polar surface area (TPSA) is 105 Å². The van der Waals surface area contributed by atoms with E-state index in [0.717, 1.165) is 0 Å². The number of nitrogens with one attached hydrogen (secondary N) is 1. The van der Waals surface area contributed by atoms with E-state index >= 15 is 0 Å². The number of sulfonamides is 1. The van der Waals surface area contributed by atoms with Gasteiger partial charge in [0.1, 0.15) is 6.04 Å². The molecule has 3 saturated heterocycles. The maximum Gasteiger partial charge on any atom is 0.325 e. The van der Waals surface area contributed by atoms with Crippen molar-refractivity contribution in [1.82, 2.24) is 24.1 Å². The van der Waals surface area contributed by atoms with Gasteiger partial charge in [-0.2, -0.15) is 4.31 Å². The van der Waals surface area contributed by atoms with Crippen LogP contribution in [0.5, 0.6) is 0 Å². The summed E-state index contributed by atoms with van der Waals surface area (Å²) >= 11 is 0. The van der Waals surface area contributed by atoms with Crippen molar-refractivity contribution in [1.29, 1.82) is 0 Å². The molecule has 3 unspecified atom stereocenters. The molecule has 10 heteroatoms. The summed E-state index contributed by atoms with van der Waals surface area (Å²) in [4.78, 5) is 28.9. The lowest BCUT2D eigenvalue weighted by molar-refractivity contribution is -0.122. The zero-order chi connectivity index (χ0) is 14.9. The van der Waals surface area contributed by atoms with Crippen LogP contribution in [0.4, 0.5) is 4.79 Å². The molecule has 3 fully saturated rings. The predicted octanol–water partition coefficient (Wildman–Crippen LogP) is -1.51. The second-order valence-corrected chi connectivity index (χ2v) is 7.39. The van der Waals surface area contributed by atoms with Gasteiger partial charge in [0.2, 0.25) is 0 Å². The van der Waals surface area contributed by atoms with Crippen molar-refractivity contribution >= 4 is 22.0 Å². The number of piperazine rings is 1. The summed E-state index contributed by atoms with van der Waals surface area (Å²) in [6, 6.07) is -1.89. The normalized spacial score (nSPS) is 31.9. The zero-order valence-electron chi connectivity index (χ0n) is 11.1. The highest BCUT2D eigenvalue weighted by Gasteiger charge is 2.61. The van der Waals surface area contributed by atoms with Crippen LogP contribution in [0.2, 0.25) is 0 Å². The van der Waals surface area contributed by atoms with Crippen LogP contribution >= 0.6 is 0 Å². The Bertz CT molecular complexity index is 756. The van der Waals surface area contributed by atoms with Gasteiger partial charge in [-0.05, 0) is 6.42 Å². The number of carbonyl (C=O) groups excluding carboxylic acids is 2. The second kappa shape index (κ2) is 3.83. The first-order chi connectivity index (χ1) is 9.89. The molecular weight excluding hydrogens is 298 g/mol. The third-order valence-electron chi connectivity index (χ3n) is 4.32. The standard InChI is InChI=1S/C11H13N5O4S/c1-14-4-8(12-5-14)21(19,20)15-3-6-2-7(15)9-10(17)13-11(18)16(6)9/h4-7,9H,2-3H2,1H3,(H,13,17,18). The summed E-state index contributed by atoms with van der Waals surface area (Å²) < 4.78 is 28.1. The van der Waals surface area contributed by atoms with Crippen molar-refractivity contribution in [2.24, 2.45) is 7.05 Å². The molecule has 3 aliphatic heterocycles. The highest BCUT2D eigenvalue weighted by Crippen LogP contribution is 2.40. The van der Waals surface area contributed by atoms with Crippen LogP contribution in [0.15, 0.2) is 17.6 Å². The maximum absolute atomic E-state index is 12.6. The number of hydrogen-bond acceptors (Lipinski definition) is 5. The molecule has 3 aliphatic rings. The molecule has 3 amide bonds. The molecule has 1 N–H and O–H groups in total. The molecule has 1 aromatic heterocycles. The van der Waals surface area contributed by atoms with E-state index in [1.807, 2.05) is 0 Å². The smallest absolute Gasteiger partial charge is 0.325 e. The van der Waals surface area contributed by atoms with E-state index in [1.54, 1.807) is 11.6 Å². The Hall–Kier alpha value is -1.94. The third-order valence-corrected chi connectivity index (χ3v) is 6.10. The van der Waals surface area contributed by atoms with E-state index in [9.17, 15) is 18.0 Å². The van der Waals surface area contributed by atoms with Crippen LogP contribution < -0.4 is 5.32 Å². The number of imide groups is 1. The highest BCUT2D eigenvalue weighted by molar-refractivity contribution is 7.89. The lowest BCUT2D eigenvalue weighted by Gasteiger charge is -2.33. The van der Waals surface area contributed by atoms with Crippen molar-refractivity contribution in [3.8, 4) is 0 Å². The summed E-state index contributed by atoms with van der Waals surface area (Å²) in [5, 5.41) is 2.21. The van der Waals surface area contributed by atoms with E-state index < -0.39 is 34.0 Å². The average Bonchev–Trinajstić information content (AvgIpc) is 3.13. The molecule has 112 valence electrons. The number of hydrogen-bond donors (Lipinski definition) is 1. The van der Waals surface area contributed by atoms with Gasteiger partial charge >= 0.3 is 6.03 Å². The van der Waals surface area contributed by atoms with Crippen LogP contribution in [0.1, 0.15) is 6.42 Å². The minimum atomic E-state index is -3.74. The molecule has 0 aromatic carbocycles. The van der Waals surface area contributed by atoms with Gasteiger partial charge in [0.15, 0.2) is 5.03 Å². The predicted molar refractivity (Wildman–Crippen MR) is 68.5 cm³/mol. The number of nitrogens with zero attached hydrogens (tertiary/aromatic N) is 4. The molecule has 2 bridgehead atoms. The van der Waals surface area contributed by atoms with E-state index in [0.29, 0.717) is 6.42 Å². The van der Waals surface area contributed by atoms with Gasteiger partial charge in [0.25, 0.3) is 15.9 Å². The monoisotopic (exact) mass is 311 g/mol. The number of urea groups is 1. The Labute approximate surface area is 120 Å². The second-order valence-electron chi connectivity index (χ2n) is 5.56. The van der Waals surface area contributed by atoms with Crippen LogP contribution in [0.25, 0.3) is 0 Å². The number of amides is 3. The number of imidazole rings is 1. The quantitative estimate of drug-likeness (QED) is 0.668. The number of aromatic nitrogens is 2. The maximum atomic E-state index is 12.6. The van der Waals surface area contributed by atoms with Gasteiger partial charge in [0.05, 0.1) is 12.4 Å². The molecule has 21 heavy (non-hydrogen) atoms. The van der Waals surface area contributed by atoms with Crippen molar-refractivity contribution in [3.05, 3.63) is 12.5 Å². The lowest BCUT2D eigenvalue weighted by Crippen LogP contribution is -2.54. The van der Waals surface area contributed by atoms with Crippen molar-refractivity contribution in [2.75, 3.05) is 6.54 Å². The number of aryl methyl sites for hydroxylation is 1. The first-order valence-corrected chi connectivity index (χ1v) is 7.96. The van der Waals surface area contributed by atoms with Crippen LogP contribution in [0, 0.1) is 0 Å². The zero-order valence-corrected chi connectivity index (χ0v) is 11.9. The summed E-state index contributed by atoms with van der Waals surface area (Å²) in [6.07, 6.45) is 3.34. The molecule has 0 aliphatic carbocycles. The highest BCUT2D eigenvalue weighted by atomic mass is 32.2. The Morgan fingerprint density at radius 1 is 1.38 bits per heavy atom. The fourth-order valence-corrected chi connectivity index (χ4v) is 5.12. The summed E-state index contributed by atoms with van der Waals surface area (Å²) in [6.45, 7) is 0.209. The number of rotatable bonds is 2. The fourth-order valence-electron chi connectivity index (χ4n) is 3.47. The van der Waals surface area contributed by atoms with E-state index in [4.69, 9.17) is 0 Å². The van der Waals surface area contributed by atoms with Crippen LogP contribution in [-0.4, -0.2) is 63.8 Å². The van der Waals surface area contributed by atoms with Crippen molar-refractivity contribution in [3.63, 3.8) is 0 Å². The minimum Gasteiger partial charge on any atom is -0.339 e. The molecule has 0 saturated carbocycles. The summed E-state index contributed by atoms with van der Waals surface area (Å²) in [5.74, 6) is -0.423. The van der Waals surface area contributed by atoms with Crippen LogP contribution in [0.3, 0.4) is 0 Å². The molecule has 9 nitrogen and oxygen atoms in total. The Morgan fingerprint density at radius 3 is 2.81 bits per heavy atom. The molecular formula is C11H13N5O4S. The van der Waals surface area contributed by atoms with Gasteiger partial charge < -0.3 is 9.47 Å². The first kappa shape index (κ1) is 12.8. The Morgan fingerprint density at radius 2 is 2.14 bits per heavy atom. The lowest BCUT2D eigenvalue weighted by atomic mass is 10.1. The van der Waals surface area contributed by atoms with E-state index in [2.05, 4.69) is 10.3 Å². The van der Waals surface area contributed by atoms with Crippen molar-refractivity contribution in [2.45, 2.75) is 29.6 Å². The molecule has 3 atom stereocenters. The van der Waals surface area contributed by atoms with Crippen LogP contribution in [-0.2, 0) is 21.9 Å². The fraction of sp³-hybridized carbons (Fsp3) is 0.545. The Kier molecular flexibility index (Phi) is 2.33. The summed E-state index contributed by atoms with van der Waals surface area (Å²) in [5.41, 5.74) is 0. The molecule has 1 aromatic rings. The van der Waals surface area contributed by atoms with Gasteiger partial charge in [-0.25, -0.2) is 18.2 Å². The van der Waals surface area contributed by atoms with Gasteiger partial charge in [0, 0.05) is 25.8 Å². The average molecular weight is 311 g/mol. The molecule has 4 rings (SSSR count). The summed E-state index contributed by atoms with van der Waals surface area (Å²) in [7, 11) is -2.06. The SMILES string of the molecule is Cn1cnc(S(=O)(=O)N2CC3CC2C2C(=O)NC(=O)N32)c1.